The van der Waals surface area contributed by atoms with Crippen LogP contribution >= 0.6 is 15.9 Å². The van der Waals surface area contributed by atoms with Gasteiger partial charge < -0.3 is 9.64 Å². The average Bonchev–Trinajstić information content (AvgIpc) is 3.30. The zero-order chi connectivity index (χ0) is 29.4. The fourth-order valence-electron chi connectivity index (χ4n) is 6.03. The smallest absolute Gasteiger partial charge is 0.255 e. The maximum Gasteiger partial charge on any atom is 0.255 e. The number of carbonyl (C=O) groups excluding carboxylic acids is 3. The lowest BCUT2D eigenvalue weighted by molar-refractivity contribution is -0.136. The van der Waals surface area contributed by atoms with Gasteiger partial charge in [-0.25, -0.2) is 4.39 Å². The van der Waals surface area contributed by atoms with E-state index in [9.17, 15) is 14.4 Å². The number of hydrogen-bond donors (Lipinski definition) is 1. The van der Waals surface area contributed by atoms with Crippen LogP contribution < -0.4 is 10.1 Å². The number of hydrogen-bond acceptors (Lipinski definition) is 6. The molecule has 0 spiro atoms. The zero-order valence-corrected chi connectivity index (χ0v) is 24.3. The monoisotopic (exact) mass is 630 g/mol. The summed E-state index contributed by atoms with van der Waals surface area (Å²) in [6.45, 7) is 2.52. The second-order valence-corrected chi connectivity index (χ2v) is 11.8. The SMILES string of the molecule is N#Cc1ccc(Oc2ccc(Br)c(CN3CCC(c4cc5c(cc4F)C(=O)N(C4CCC(=O)NC4=O)C5)CC3)c2)cc1. The van der Waals surface area contributed by atoms with Gasteiger partial charge in [-0.2, -0.15) is 5.26 Å². The second kappa shape index (κ2) is 11.7. The first kappa shape index (κ1) is 28.1. The molecule has 3 aliphatic heterocycles. The molecular formula is C32H28BrFN4O4. The van der Waals surface area contributed by atoms with Gasteiger partial charge in [0.2, 0.25) is 11.8 Å². The molecule has 214 valence electrons. The summed E-state index contributed by atoms with van der Waals surface area (Å²) in [5, 5.41) is 11.3. The number of ether oxygens (including phenoxy) is 1. The Morgan fingerprint density at radius 1 is 1.00 bits per heavy atom. The predicted octanol–water partition coefficient (Wildman–Crippen LogP) is 5.39. The lowest BCUT2D eigenvalue weighted by Crippen LogP contribution is -2.52. The molecule has 1 N–H and O–H groups in total. The fourth-order valence-corrected chi connectivity index (χ4v) is 6.41. The van der Waals surface area contributed by atoms with Crippen LogP contribution in [0.5, 0.6) is 11.5 Å². The van der Waals surface area contributed by atoms with Crippen LogP contribution in [-0.2, 0) is 22.7 Å². The molecular weight excluding hydrogens is 603 g/mol. The molecule has 3 aromatic rings. The number of likely N-dealkylation sites (tertiary alicyclic amines) is 1. The van der Waals surface area contributed by atoms with Crippen molar-refractivity contribution in [1.82, 2.24) is 15.1 Å². The quantitative estimate of drug-likeness (QED) is 0.366. The first-order valence-electron chi connectivity index (χ1n) is 13.9. The summed E-state index contributed by atoms with van der Waals surface area (Å²) in [5.74, 6) is -0.178. The Hall–Kier alpha value is -4.07. The number of carbonyl (C=O) groups is 3. The molecule has 2 fully saturated rings. The highest BCUT2D eigenvalue weighted by Gasteiger charge is 2.40. The topological polar surface area (TPSA) is 103 Å². The number of halogens is 2. The molecule has 42 heavy (non-hydrogen) atoms. The molecule has 3 aliphatic rings. The van der Waals surface area contributed by atoms with E-state index in [1.165, 1.54) is 11.0 Å². The van der Waals surface area contributed by atoms with E-state index in [2.05, 4.69) is 32.2 Å². The van der Waals surface area contributed by atoms with Gasteiger partial charge in [-0.05, 0) is 103 Å². The molecule has 0 bridgehead atoms. The molecule has 3 heterocycles. The van der Waals surface area contributed by atoms with Gasteiger partial charge >= 0.3 is 0 Å². The van der Waals surface area contributed by atoms with Crippen LogP contribution in [0.1, 0.15) is 64.2 Å². The van der Waals surface area contributed by atoms with E-state index in [1.807, 2.05) is 18.2 Å². The summed E-state index contributed by atoms with van der Waals surface area (Å²) < 4.78 is 22.3. The molecule has 3 aromatic carbocycles. The normalized spacial score (nSPS) is 19.4. The van der Waals surface area contributed by atoms with Crippen molar-refractivity contribution in [2.45, 2.75) is 50.7 Å². The van der Waals surface area contributed by atoms with Crippen molar-refractivity contribution in [1.29, 1.82) is 5.26 Å². The molecule has 3 amide bonds. The van der Waals surface area contributed by atoms with E-state index in [1.54, 1.807) is 30.3 Å². The van der Waals surface area contributed by atoms with E-state index in [-0.39, 0.29) is 42.9 Å². The van der Waals surface area contributed by atoms with Crippen molar-refractivity contribution >= 4 is 33.7 Å². The van der Waals surface area contributed by atoms with Crippen molar-refractivity contribution in [2.75, 3.05) is 13.1 Å². The third-order valence-electron chi connectivity index (χ3n) is 8.30. The molecule has 1 atom stereocenters. The first-order valence-corrected chi connectivity index (χ1v) is 14.7. The Morgan fingerprint density at radius 3 is 2.45 bits per heavy atom. The summed E-state index contributed by atoms with van der Waals surface area (Å²) >= 11 is 3.65. The highest BCUT2D eigenvalue weighted by Crippen LogP contribution is 2.36. The van der Waals surface area contributed by atoms with Gasteiger partial charge in [-0.1, -0.05) is 22.0 Å². The molecule has 6 rings (SSSR count). The van der Waals surface area contributed by atoms with Gasteiger partial charge in [-0.3, -0.25) is 24.6 Å². The van der Waals surface area contributed by atoms with Crippen LogP contribution in [0.2, 0.25) is 0 Å². The second-order valence-electron chi connectivity index (χ2n) is 11.0. The molecule has 1 unspecified atom stereocenters. The van der Waals surface area contributed by atoms with Crippen molar-refractivity contribution in [3.8, 4) is 17.6 Å². The summed E-state index contributed by atoms with van der Waals surface area (Å²) in [5.41, 5.74) is 3.29. The van der Waals surface area contributed by atoms with Crippen LogP contribution in [0.25, 0.3) is 0 Å². The van der Waals surface area contributed by atoms with E-state index in [4.69, 9.17) is 10.00 Å². The van der Waals surface area contributed by atoms with Gasteiger partial charge in [0.05, 0.1) is 11.6 Å². The van der Waals surface area contributed by atoms with Crippen LogP contribution in [-0.4, -0.2) is 46.7 Å². The number of nitrogens with zero attached hydrogens (tertiary/aromatic N) is 3. The largest absolute Gasteiger partial charge is 0.457 e. The molecule has 0 aliphatic carbocycles. The maximum absolute atomic E-state index is 15.3. The number of nitrogens with one attached hydrogen (secondary N) is 1. The minimum Gasteiger partial charge on any atom is -0.457 e. The molecule has 8 nitrogen and oxygen atoms in total. The minimum atomic E-state index is -0.718. The Bertz CT molecular complexity index is 1610. The molecule has 0 radical (unpaired) electrons. The van der Waals surface area contributed by atoms with Gasteiger partial charge in [-0.15, -0.1) is 0 Å². The van der Waals surface area contributed by atoms with Gasteiger partial charge in [0, 0.05) is 29.5 Å². The third kappa shape index (κ3) is 5.67. The van der Waals surface area contributed by atoms with E-state index >= 15 is 4.39 Å². The molecule has 10 heteroatoms. The van der Waals surface area contributed by atoms with Crippen LogP contribution in [0.4, 0.5) is 4.39 Å². The fraction of sp³-hybridized carbons (Fsp3) is 0.312. The summed E-state index contributed by atoms with van der Waals surface area (Å²) in [4.78, 5) is 40.7. The lowest BCUT2D eigenvalue weighted by atomic mass is 9.87. The van der Waals surface area contributed by atoms with Gasteiger partial charge in [0.25, 0.3) is 5.91 Å². The minimum absolute atomic E-state index is 0.0285. The third-order valence-corrected chi connectivity index (χ3v) is 9.07. The van der Waals surface area contributed by atoms with Crippen molar-refractivity contribution < 1.29 is 23.5 Å². The standard InChI is InChI=1S/C32H28BrFN4O4/c33-27-6-5-24(42-23-3-1-19(16-35)2-4-23)13-22(27)17-37-11-9-20(10-12-37)25-14-21-18-38(32(41)26(21)15-28(25)34)29-7-8-30(39)36-31(29)40/h1-6,13-15,20,29H,7-12,17-18H2,(H,36,39,40). The summed E-state index contributed by atoms with van der Waals surface area (Å²) in [6.07, 6.45) is 2.01. The number of amides is 3. The van der Waals surface area contributed by atoms with Crippen molar-refractivity contribution in [3.63, 3.8) is 0 Å². The molecule has 0 aromatic heterocycles. The summed E-state index contributed by atoms with van der Waals surface area (Å²) in [7, 11) is 0. The number of rotatable bonds is 6. The zero-order valence-electron chi connectivity index (χ0n) is 22.7. The molecule has 0 saturated carbocycles. The summed E-state index contributed by atoms with van der Waals surface area (Å²) in [6, 6.07) is 17.3. The van der Waals surface area contributed by atoms with Crippen molar-refractivity contribution in [3.05, 3.63) is 92.7 Å². The average molecular weight is 632 g/mol. The Kier molecular flexibility index (Phi) is 7.80. The van der Waals surface area contributed by atoms with Gasteiger partial charge in [0.15, 0.2) is 0 Å². The number of imide groups is 1. The Morgan fingerprint density at radius 2 is 1.74 bits per heavy atom. The van der Waals surface area contributed by atoms with E-state index in [0.29, 0.717) is 34.7 Å². The Labute approximate surface area is 251 Å². The number of benzene rings is 3. The van der Waals surface area contributed by atoms with Crippen LogP contribution in [0, 0.1) is 17.1 Å². The number of fused-ring (bicyclic) bond motifs is 1. The lowest BCUT2D eigenvalue weighted by Gasteiger charge is -2.32. The van der Waals surface area contributed by atoms with Gasteiger partial charge in [0.1, 0.15) is 23.4 Å². The number of piperidine rings is 2. The highest BCUT2D eigenvalue weighted by atomic mass is 79.9. The number of nitriles is 1. The first-order chi connectivity index (χ1) is 20.3. The highest BCUT2D eigenvalue weighted by molar-refractivity contribution is 9.10. The van der Waals surface area contributed by atoms with E-state index in [0.717, 1.165) is 41.5 Å². The van der Waals surface area contributed by atoms with Crippen molar-refractivity contribution in [2.24, 2.45) is 0 Å². The molecule has 2 saturated heterocycles. The Balaban J connectivity index is 1.09. The van der Waals surface area contributed by atoms with E-state index < -0.39 is 11.9 Å². The maximum atomic E-state index is 15.3. The predicted molar refractivity (Wildman–Crippen MR) is 155 cm³/mol. The van der Waals surface area contributed by atoms with Crippen LogP contribution in [0.3, 0.4) is 0 Å². The van der Waals surface area contributed by atoms with Crippen LogP contribution in [0.15, 0.2) is 59.1 Å².